The maximum atomic E-state index is 14.1. The Morgan fingerprint density at radius 2 is 1.59 bits per heavy atom. The number of pyridine rings is 1. The Hall–Kier alpha value is -5.47. The maximum Gasteiger partial charge on any atom is 0.410 e. The fourth-order valence-electron chi connectivity index (χ4n) is 6.96. The molecule has 2 aliphatic rings. The number of carbonyl (C=O) groups is 2. The van der Waals surface area contributed by atoms with Crippen molar-refractivity contribution >= 4 is 17.7 Å². The number of nitrogens with one attached hydrogen (secondary N) is 1. The Labute approximate surface area is 286 Å². The number of nitrogens with zero attached hydrogens (tertiary/aromatic N) is 2. The van der Waals surface area contributed by atoms with Crippen LogP contribution in [0.5, 0.6) is 0 Å². The van der Waals surface area contributed by atoms with Gasteiger partial charge in [-0.3, -0.25) is 0 Å². The zero-order chi connectivity index (χ0) is 34.0. The third kappa shape index (κ3) is 6.65. The number of carboxylic acid groups (broad SMARTS) is 1. The number of benzene rings is 4. The van der Waals surface area contributed by atoms with Crippen molar-refractivity contribution in [2.24, 2.45) is 0 Å². The Bertz CT molecular complexity index is 1980. The maximum absolute atomic E-state index is 14.1. The van der Waals surface area contributed by atoms with Crippen LogP contribution >= 0.6 is 0 Å². The highest BCUT2D eigenvalue weighted by molar-refractivity contribution is 5.93. The summed E-state index contributed by atoms with van der Waals surface area (Å²) in [5, 5.41) is 13.6. The van der Waals surface area contributed by atoms with E-state index >= 15 is 0 Å². The van der Waals surface area contributed by atoms with Gasteiger partial charge >= 0.3 is 12.1 Å². The summed E-state index contributed by atoms with van der Waals surface area (Å²) in [6.07, 6.45) is 2.03. The van der Waals surface area contributed by atoms with Gasteiger partial charge in [-0.05, 0) is 58.4 Å². The van der Waals surface area contributed by atoms with Crippen molar-refractivity contribution in [2.45, 2.75) is 38.3 Å². The van der Waals surface area contributed by atoms with Crippen molar-refractivity contribution in [3.05, 3.63) is 143 Å². The Balaban J connectivity index is 1.17. The van der Waals surface area contributed by atoms with Crippen LogP contribution in [0.4, 0.5) is 10.5 Å². The summed E-state index contributed by atoms with van der Waals surface area (Å²) in [6, 6.07) is 34.5. The second-order valence-electron chi connectivity index (χ2n) is 13.0. The van der Waals surface area contributed by atoms with Crippen molar-refractivity contribution in [2.75, 3.05) is 31.7 Å². The number of aromatic carboxylic acids is 1. The van der Waals surface area contributed by atoms with E-state index in [9.17, 15) is 14.7 Å². The van der Waals surface area contributed by atoms with E-state index < -0.39 is 17.6 Å². The molecule has 248 valence electrons. The number of ether oxygens (including phenoxy) is 2. The third-order valence-corrected chi connectivity index (χ3v) is 9.46. The minimum absolute atomic E-state index is 0.0746. The lowest BCUT2D eigenvalue weighted by molar-refractivity contribution is -0.0556. The van der Waals surface area contributed by atoms with Crippen LogP contribution in [-0.2, 0) is 22.4 Å². The molecule has 1 saturated heterocycles. The second kappa shape index (κ2) is 13.6. The van der Waals surface area contributed by atoms with E-state index in [-0.39, 0.29) is 38.0 Å². The predicted octanol–water partition coefficient (Wildman–Crippen LogP) is 7.95. The van der Waals surface area contributed by atoms with E-state index in [0.29, 0.717) is 12.2 Å². The molecule has 0 atom stereocenters. The molecule has 0 radical (unpaired) electrons. The molecule has 1 aromatic heterocycles. The number of rotatable bonds is 11. The molecule has 1 aliphatic heterocycles. The minimum Gasteiger partial charge on any atom is -0.476 e. The fourth-order valence-corrected chi connectivity index (χ4v) is 6.96. The average Bonchev–Trinajstić information content (AvgIpc) is 3.42. The number of carbonyl (C=O) groups excluding carboxylic acids is 1. The second-order valence-corrected chi connectivity index (χ2v) is 13.0. The van der Waals surface area contributed by atoms with Gasteiger partial charge in [-0.25, -0.2) is 14.6 Å². The minimum atomic E-state index is -1.14. The molecule has 0 bridgehead atoms. The first kappa shape index (κ1) is 32.1. The van der Waals surface area contributed by atoms with Gasteiger partial charge in [-0.15, -0.1) is 0 Å². The highest BCUT2D eigenvalue weighted by Crippen LogP contribution is 2.44. The van der Waals surface area contributed by atoms with Gasteiger partial charge < -0.3 is 24.8 Å². The molecule has 2 N–H and O–H groups in total. The van der Waals surface area contributed by atoms with Gasteiger partial charge in [0.25, 0.3) is 0 Å². The van der Waals surface area contributed by atoms with Gasteiger partial charge in [0.05, 0.1) is 25.4 Å². The standard InChI is InChI=1S/C41H39N3O5/c1-3-28-11-9-13-30(19-28)31-20-37(38(39(45)46)42-21-31)43-41(25-48-26-41)24-44(22-29-12-8-10-27(2)18-29)40(47)49-23-36-34-16-6-4-14-32(34)33-15-5-7-17-35(33)36/h4-21,36,43H,3,22-26H2,1-2H3,(H,45,46). The van der Waals surface area contributed by atoms with Crippen molar-refractivity contribution in [1.29, 1.82) is 0 Å². The van der Waals surface area contributed by atoms with Crippen LogP contribution in [0.1, 0.15) is 51.1 Å². The smallest absolute Gasteiger partial charge is 0.410 e. The Morgan fingerprint density at radius 3 is 2.24 bits per heavy atom. The van der Waals surface area contributed by atoms with Gasteiger partial charge in [0.1, 0.15) is 12.1 Å². The number of amides is 1. The molecule has 4 aromatic carbocycles. The SMILES string of the molecule is CCc1cccc(-c2cnc(C(=O)O)c(NC3(CN(Cc4cccc(C)c4)C(=O)OCC4c5ccccc5-c5ccccc54)COC3)c2)c1. The molecule has 0 saturated carbocycles. The lowest BCUT2D eigenvalue weighted by Gasteiger charge is -2.45. The van der Waals surface area contributed by atoms with E-state index in [2.05, 4.69) is 59.7 Å². The van der Waals surface area contributed by atoms with Crippen molar-refractivity contribution in [3.8, 4) is 22.3 Å². The highest BCUT2D eigenvalue weighted by atomic mass is 16.6. The van der Waals surface area contributed by atoms with Crippen LogP contribution in [0, 0.1) is 6.92 Å². The van der Waals surface area contributed by atoms with Crippen molar-refractivity contribution in [1.82, 2.24) is 9.88 Å². The van der Waals surface area contributed by atoms with Crippen LogP contribution in [0.25, 0.3) is 22.3 Å². The van der Waals surface area contributed by atoms with Crippen molar-refractivity contribution in [3.63, 3.8) is 0 Å². The van der Waals surface area contributed by atoms with Crippen LogP contribution < -0.4 is 5.32 Å². The summed E-state index contributed by atoms with van der Waals surface area (Å²) in [4.78, 5) is 32.5. The van der Waals surface area contributed by atoms with E-state index in [1.165, 1.54) is 5.56 Å². The largest absolute Gasteiger partial charge is 0.476 e. The van der Waals surface area contributed by atoms with Gasteiger partial charge in [0.15, 0.2) is 5.69 Å². The number of aromatic nitrogens is 1. The first-order chi connectivity index (χ1) is 23.8. The Morgan fingerprint density at radius 1 is 0.898 bits per heavy atom. The zero-order valence-corrected chi connectivity index (χ0v) is 27.7. The molecule has 1 aliphatic carbocycles. The summed E-state index contributed by atoms with van der Waals surface area (Å²) < 4.78 is 11.9. The number of carboxylic acids is 1. The summed E-state index contributed by atoms with van der Waals surface area (Å²) in [5.74, 6) is -1.21. The van der Waals surface area contributed by atoms with E-state index in [0.717, 1.165) is 50.9 Å². The number of fused-ring (bicyclic) bond motifs is 3. The van der Waals surface area contributed by atoms with E-state index in [4.69, 9.17) is 9.47 Å². The zero-order valence-electron chi connectivity index (χ0n) is 27.7. The first-order valence-corrected chi connectivity index (χ1v) is 16.7. The summed E-state index contributed by atoms with van der Waals surface area (Å²) in [6.45, 7) is 5.41. The van der Waals surface area contributed by atoms with E-state index in [1.54, 1.807) is 11.1 Å². The molecule has 8 nitrogen and oxygen atoms in total. The summed E-state index contributed by atoms with van der Waals surface area (Å²) in [7, 11) is 0. The molecule has 7 rings (SSSR count). The number of aryl methyl sites for hydroxylation is 2. The van der Waals surface area contributed by atoms with Gasteiger partial charge in [0, 0.05) is 24.2 Å². The summed E-state index contributed by atoms with van der Waals surface area (Å²) >= 11 is 0. The number of hydrogen-bond donors (Lipinski definition) is 2. The molecular formula is C41H39N3O5. The summed E-state index contributed by atoms with van der Waals surface area (Å²) in [5.41, 5.74) is 9.12. The lowest BCUT2D eigenvalue weighted by atomic mass is 9.94. The normalized spacial score (nSPS) is 14.3. The lowest BCUT2D eigenvalue weighted by Crippen LogP contribution is -2.63. The number of hydrogen-bond acceptors (Lipinski definition) is 6. The van der Waals surface area contributed by atoms with Crippen LogP contribution in [-0.4, -0.2) is 59.0 Å². The van der Waals surface area contributed by atoms with Crippen LogP contribution in [0.3, 0.4) is 0 Å². The molecule has 8 heteroatoms. The molecule has 2 heterocycles. The van der Waals surface area contributed by atoms with Gasteiger partial charge in [-0.2, -0.15) is 0 Å². The van der Waals surface area contributed by atoms with Gasteiger partial charge in [0.2, 0.25) is 0 Å². The average molecular weight is 654 g/mol. The quantitative estimate of drug-likeness (QED) is 0.149. The topological polar surface area (TPSA) is 101 Å². The highest BCUT2D eigenvalue weighted by Gasteiger charge is 2.43. The first-order valence-electron chi connectivity index (χ1n) is 16.7. The fraction of sp³-hybridized carbons (Fsp3) is 0.244. The molecular weight excluding hydrogens is 614 g/mol. The molecule has 1 amide bonds. The Kier molecular flexibility index (Phi) is 8.89. The molecule has 1 fully saturated rings. The van der Waals surface area contributed by atoms with Crippen LogP contribution in [0.2, 0.25) is 0 Å². The molecule has 49 heavy (non-hydrogen) atoms. The predicted molar refractivity (Wildman–Crippen MR) is 190 cm³/mol. The monoisotopic (exact) mass is 653 g/mol. The molecule has 0 unspecified atom stereocenters. The molecule has 0 spiro atoms. The van der Waals surface area contributed by atoms with Gasteiger partial charge in [-0.1, -0.05) is 110 Å². The van der Waals surface area contributed by atoms with E-state index in [1.807, 2.05) is 67.6 Å². The number of anilines is 1. The van der Waals surface area contributed by atoms with Crippen molar-refractivity contribution < 1.29 is 24.2 Å². The molecule has 5 aromatic rings. The third-order valence-electron chi connectivity index (χ3n) is 9.46. The van der Waals surface area contributed by atoms with Crippen LogP contribution in [0.15, 0.2) is 109 Å².